The second-order valence-corrected chi connectivity index (χ2v) is 6.59. The lowest BCUT2D eigenvalue weighted by molar-refractivity contribution is 0.332. The van der Waals surface area contributed by atoms with E-state index in [2.05, 4.69) is 50.5 Å². The monoisotopic (exact) mass is 268 g/mol. The van der Waals surface area contributed by atoms with E-state index in [1.54, 1.807) is 0 Å². The molecule has 1 rings (SSSR count). The van der Waals surface area contributed by atoms with Crippen molar-refractivity contribution < 1.29 is 0 Å². The van der Waals surface area contributed by atoms with Crippen LogP contribution < -0.4 is 10.6 Å². The quantitative estimate of drug-likeness (QED) is 0.828. The predicted octanol–water partition coefficient (Wildman–Crippen LogP) is 3.21. The van der Waals surface area contributed by atoms with Crippen molar-refractivity contribution in [3.05, 3.63) is 34.9 Å². The Balaban J connectivity index is 2.67. The first-order chi connectivity index (χ1) is 8.27. The summed E-state index contributed by atoms with van der Waals surface area (Å²) in [6.45, 7) is 10.8. The molecule has 0 heterocycles. The van der Waals surface area contributed by atoms with Crippen LogP contribution in [0, 0.1) is 0 Å². The molecule has 0 bridgehead atoms. The lowest BCUT2D eigenvalue weighted by Crippen LogP contribution is -2.50. The molecule has 0 aromatic heterocycles. The largest absolute Gasteiger partial charge is 0.318 e. The van der Waals surface area contributed by atoms with Crippen molar-refractivity contribution >= 4 is 11.6 Å². The molecule has 1 aromatic carbocycles. The summed E-state index contributed by atoms with van der Waals surface area (Å²) < 4.78 is 0. The highest BCUT2D eigenvalue weighted by atomic mass is 35.5. The van der Waals surface area contributed by atoms with Crippen molar-refractivity contribution in [1.29, 1.82) is 0 Å². The Kier molecular flexibility index (Phi) is 5.20. The third-order valence-corrected chi connectivity index (χ3v) is 3.51. The molecule has 0 amide bonds. The summed E-state index contributed by atoms with van der Waals surface area (Å²) in [7, 11) is 1.98. The lowest BCUT2D eigenvalue weighted by atomic mass is 9.84. The normalized spacial score (nSPS) is 12.8. The molecule has 2 nitrogen and oxygen atoms in total. The van der Waals surface area contributed by atoms with E-state index in [1.807, 2.05) is 19.2 Å². The molecule has 2 N–H and O–H groups in total. The van der Waals surface area contributed by atoms with Crippen LogP contribution in [0.25, 0.3) is 0 Å². The van der Waals surface area contributed by atoms with E-state index in [1.165, 1.54) is 5.56 Å². The number of hydrogen-bond donors (Lipinski definition) is 2. The van der Waals surface area contributed by atoms with E-state index in [0.717, 1.165) is 18.1 Å². The molecule has 0 spiro atoms. The van der Waals surface area contributed by atoms with Crippen LogP contribution in [-0.4, -0.2) is 25.7 Å². The Bertz CT molecular complexity index is 369. The van der Waals surface area contributed by atoms with Gasteiger partial charge in [-0.1, -0.05) is 37.6 Å². The minimum absolute atomic E-state index is 0.0929. The minimum atomic E-state index is 0.0929. The van der Waals surface area contributed by atoms with Gasteiger partial charge in [-0.15, -0.1) is 0 Å². The van der Waals surface area contributed by atoms with Crippen molar-refractivity contribution in [2.75, 3.05) is 20.1 Å². The van der Waals surface area contributed by atoms with Crippen LogP contribution in [0.5, 0.6) is 0 Å². The lowest BCUT2D eigenvalue weighted by Gasteiger charge is -2.33. The summed E-state index contributed by atoms with van der Waals surface area (Å²) in [5.41, 5.74) is 1.49. The number of nitrogens with one attached hydrogen (secondary N) is 2. The maximum absolute atomic E-state index is 5.93. The molecule has 1 aromatic rings. The van der Waals surface area contributed by atoms with Crippen LogP contribution >= 0.6 is 11.6 Å². The molecule has 102 valence electrons. The Labute approximate surface area is 116 Å². The molecule has 0 aliphatic heterocycles. The molecule has 0 atom stereocenters. The van der Waals surface area contributed by atoms with Gasteiger partial charge in [-0.25, -0.2) is 0 Å². The highest BCUT2D eigenvalue weighted by molar-refractivity contribution is 6.30. The summed E-state index contributed by atoms with van der Waals surface area (Å²) in [4.78, 5) is 0. The van der Waals surface area contributed by atoms with Gasteiger partial charge in [0.15, 0.2) is 0 Å². The van der Waals surface area contributed by atoms with Gasteiger partial charge >= 0.3 is 0 Å². The molecule has 0 aliphatic carbocycles. The first-order valence-corrected chi connectivity index (χ1v) is 6.80. The van der Waals surface area contributed by atoms with Gasteiger partial charge in [-0.05, 0) is 38.6 Å². The fourth-order valence-corrected chi connectivity index (χ4v) is 2.09. The van der Waals surface area contributed by atoms with Gasteiger partial charge in [0.2, 0.25) is 0 Å². The summed E-state index contributed by atoms with van der Waals surface area (Å²) in [6, 6.07) is 8.12. The van der Waals surface area contributed by atoms with E-state index in [4.69, 9.17) is 11.6 Å². The third-order valence-electron chi connectivity index (χ3n) is 3.25. The van der Waals surface area contributed by atoms with Crippen molar-refractivity contribution in [2.45, 2.75) is 38.6 Å². The predicted molar refractivity (Wildman–Crippen MR) is 80.5 cm³/mol. The maximum Gasteiger partial charge on any atom is 0.0406 e. The molecule has 0 fully saturated rings. The third kappa shape index (κ3) is 4.60. The highest BCUT2D eigenvalue weighted by Gasteiger charge is 2.24. The zero-order valence-electron chi connectivity index (χ0n) is 12.1. The summed E-state index contributed by atoms with van der Waals surface area (Å²) in [5.74, 6) is 0. The molecule has 0 radical (unpaired) electrons. The van der Waals surface area contributed by atoms with Crippen LogP contribution in [0.2, 0.25) is 5.02 Å². The Hall–Kier alpha value is -0.570. The summed E-state index contributed by atoms with van der Waals surface area (Å²) in [5, 5.41) is 7.62. The van der Waals surface area contributed by atoms with Crippen molar-refractivity contribution in [1.82, 2.24) is 10.6 Å². The SMILES string of the molecule is CNCC(C)(C)NCC(C)(C)c1ccc(Cl)cc1. The smallest absolute Gasteiger partial charge is 0.0406 e. The van der Waals surface area contributed by atoms with E-state index < -0.39 is 0 Å². The minimum Gasteiger partial charge on any atom is -0.318 e. The Morgan fingerprint density at radius 1 is 1.00 bits per heavy atom. The molecule has 0 saturated heterocycles. The van der Waals surface area contributed by atoms with E-state index in [0.29, 0.717) is 0 Å². The summed E-state index contributed by atoms with van der Waals surface area (Å²) in [6.07, 6.45) is 0. The van der Waals surface area contributed by atoms with E-state index in [9.17, 15) is 0 Å². The van der Waals surface area contributed by atoms with Gasteiger partial charge in [0.05, 0.1) is 0 Å². The van der Waals surface area contributed by atoms with Crippen LogP contribution in [0.1, 0.15) is 33.3 Å². The molecule has 0 saturated carbocycles. The number of hydrogen-bond acceptors (Lipinski definition) is 2. The average molecular weight is 269 g/mol. The second kappa shape index (κ2) is 6.05. The van der Waals surface area contributed by atoms with Crippen LogP contribution in [0.15, 0.2) is 24.3 Å². The number of rotatable bonds is 6. The number of halogens is 1. The zero-order valence-corrected chi connectivity index (χ0v) is 12.9. The first kappa shape index (κ1) is 15.5. The molecule has 3 heteroatoms. The molecular formula is C15H25ClN2. The Morgan fingerprint density at radius 2 is 1.56 bits per heavy atom. The fourth-order valence-electron chi connectivity index (χ4n) is 1.97. The number of likely N-dealkylation sites (N-methyl/N-ethyl adjacent to an activating group) is 1. The van der Waals surface area contributed by atoms with Crippen LogP contribution in [0.4, 0.5) is 0 Å². The highest BCUT2D eigenvalue weighted by Crippen LogP contribution is 2.24. The molecule has 18 heavy (non-hydrogen) atoms. The van der Waals surface area contributed by atoms with Crippen LogP contribution in [0.3, 0.4) is 0 Å². The van der Waals surface area contributed by atoms with Crippen molar-refractivity contribution in [3.8, 4) is 0 Å². The second-order valence-electron chi connectivity index (χ2n) is 6.16. The standard InChI is InChI=1S/C15H25ClN2/c1-14(2,10-18-15(3,4)11-17-5)12-6-8-13(16)9-7-12/h6-9,17-18H,10-11H2,1-5H3. The molecular weight excluding hydrogens is 244 g/mol. The Morgan fingerprint density at radius 3 is 2.06 bits per heavy atom. The topological polar surface area (TPSA) is 24.1 Å². The van der Waals surface area contributed by atoms with Crippen molar-refractivity contribution in [3.63, 3.8) is 0 Å². The van der Waals surface area contributed by atoms with Crippen LogP contribution in [-0.2, 0) is 5.41 Å². The van der Waals surface area contributed by atoms with Gasteiger partial charge in [0.25, 0.3) is 0 Å². The van der Waals surface area contributed by atoms with E-state index in [-0.39, 0.29) is 11.0 Å². The van der Waals surface area contributed by atoms with Gasteiger partial charge in [0.1, 0.15) is 0 Å². The average Bonchev–Trinajstić information content (AvgIpc) is 2.27. The maximum atomic E-state index is 5.93. The van der Waals surface area contributed by atoms with E-state index >= 15 is 0 Å². The van der Waals surface area contributed by atoms with Gasteiger partial charge in [-0.2, -0.15) is 0 Å². The summed E-state index contributed by atoms with van der Waals surface area (Å²) >= 11 is 5.93. The zero-order chi connectivity index (χ0) is 13.8. The molecule has 0 aliphatic rings. The number of benzene rings is 1. The van der Waals surface area contributed by atoms with Crippen molar-refractivity contribution in [2.24, 2.45) is 0 Å². The fraction of sp³-hybridized carbons (Fsp3) is 0.600. The van der Waals surface area contributed by atoms with Gasteiger partial charge < -0.3 is 10.6 Å². The first-order valence-electron chi connectivity index (χ1n) is 6.42. The molecule has 0 unspecified atom stereocenters. The van der Waals surface area contributed by atoms with Gasteiger partial charge in [0, 0.05) is 29.1 Å². The van der Waals surface area contributed by atoms with Gasteiger partial charge in [-0.3, -0.25) is 0 Å².